The van der Waals surface area contributed by atoms with Crippen LogP contribution in [-0.4, -0.2) is 19.1 Å². The fourth-order valence-electron chi connectivity index (χ4n) is 4.95. The van der Waals surface area contributed by atoms with Gasteiger partial charge in [0.05, 0.1) is 0 Å². The van der Waals surface area contributed by atoms with Crippen LogP contribution in [-0.2, 0) is 71.7 Å². The van der Waals surface area contributed by atoms with Crippen molar-refractivity contribution in [2.75, 3.05) is 0 Å². The molecule has 0 saturated heterocycles. The van der Waals surface area contributed by atoms with Gasteiger partial charge in [0, 0.05) is 79.0 Å². The minimum absolute atomic E-state index is 0. The molecule has 0 atom stereocenters. The first kappa shape index (κ1) is 34.4. The van der Waals surface area contributed by atoms with Gasteiger partial charge in [-0.2, -0.15) is 0 Å². The molecule has 6 nitrogen and oxygen atoms in total. The van der Waals surface area contributed by atoms with Crippen LogP contribution in [0.4, 0.5) is 0 Å². The predicted molar refractivity (Wildman–Crippen MR) is 171 cm³/mol. The van der Waals surface area contributed by atoms with Gasteiger partial charge in [-0.05, 0) is 38.4 Å². The number of furan rings is 2. The van der Waals surface area contributed by atoms with E-state index in [1.54, 1.807) is 0 Å². The van der Waals surface area contributed by atoms with E-state index < -0.39 is 0 Å². The molecule has 8 aromatic rings. The molecule has 2 radical (unpaired) electrons. The van der Waals surface area contributed by atoms with Crippen molar-refractivity contribution in [3.05, 3.63) is 145 Å². The molecule has 0 unspecified atom stereocenters. The maximum absolute atomic E-state index is 7.10. The molecule has 8 rings (SSSR count). The number of nitrogens with zero attached hydrogens (tertiary/aromatic N) is 4. The standard InChI is InChI=1S/2C14H7O.C10H12N4.2Au/c2*1-2-10-7-8-14-12(9-10)11-5-3-4-6-13(11)15-14;1-13-5-9(11-7-13)3-4-10-6-14(2)8-12-10;;/h2*3-9H;5-6H,3-4H2,1-2H3;;/q2*-1;-2;;. The number of imidazole rings is 2. The molecular weight excluding hydrogens is 938 g/mol. The van der Waals surface area contributed by atoms with Crippen molar-refractivity contribution in [1.29, 1.82) is 0 Å². The fourth-order valence-corrected chi connectivity index (χ4v) is 4.95. The van der Waals surface area contributed by atoms with E-state index in [0.29, 0.717) is 0 Å². The Bertz CT molecular complexity index is 2150. The van der Waals surface area contributed by atoms with E-state index in [-0.39, 0.29) is 44.8 Å². The van der Waals surface area contributed by atoms with Crippen LogP contribution in [0.15, 0.2) is 106 Å². The van der Waals surface area contributed by atoms with Gasteiger partial charge >= 0.3 is 0 Å². The number of benzene rings is 4. The molecule has 4 aromatic carbocycles. The van der Waals surface area contributed by atoms with Gasteiger partial charge in [-0.3, -0.25) is 11.8 Å². The van der Waals surface area contributed by atoms with Crippen LogP contribution in [0.3, 0.4) is 0 Å². The summed E-state index contributed by atoms with van der Waals surface area (Å²) in [6.45, 7) is 0. The second-order valence-corrected chi connectivity index (χ2v) is 10.3. The zero-order valence-electron chi connectivity index (χ0n) is 24.9. The molecule has 0 aliphatic rings. The van der Waals surface area contributed by atoms with E-state index >= 15 is 0 Å². The predicted octanol–water partition coefficient (Wildman–Crippen LogP) is 7.58. The zero-order valence-corrected chi connectivity index (χ0v) is 29.2. The third kappa shape index (κ3) is 7.83. The first-order chi connectivity index (χ1) is 21.5. The Balaban J connectivity index is 0.000000153. The summed E-state index contributed by atoms with van der Waals surface area (Å²) in [5.74, 6) is 4.76. The van der Waals surface area contributed by atoms with Gasteiger partial charge in [0.15, 0.2) is 0 Å². The molecule has 0 fully saturated rings. The molecule has 0 bridgehead atoms. The molecule has 0 saturated carbocycles. The normalized spacial score (nSPS) is 10.2. The minimum Gasteiger partial charge on any atom is -0.456 e. The molecule has 0 aliphatic heterocycles. The largest absolute Gasteiger partial charge is 0.456 e. The topological polar surface area (TPSA) is 61.9 Å². The Labute approximate surface area is 298 Å². The first-order valence-electron chi connectivity index (χ1n) is 14.0. The van der Waals surface area contributed by atoms with Crippen LogP contribution in [0.2, 0.25) is 0 Å². The Hall–Kier alpha value is -4.50. The molecule has 0 amide bonds. The summed E-state index contributed by atoms with van der Waals surface area (Å²) < 4.78 is 15.0. The van der Waals surface area contributed by atoms with Gasteiger partial charge in [-0.25, -0.2) is 0 Å². The summed E-state index contributed by atoms with van der Waals surface area (Å²) in [6, 6.07) is 27.1. The monoisotopic (exact) mass is 964 g/mol. The summed E-state index contributed by atoms with van der Waals surface area (Å²) >= 11 is 0. The van der Waals surface area contributed by atoms with Crippen molar-refractivity contribution >= 4 is 43.9 Å². The maximum atomic E-state index is 7.10. The van der Waals surface area contributed by atoms with Gasteiger partial charge in [0.2, 0.25) is 0 Å². The Morgan fingerprint density at radius 2 is 0.978 bits per heavy atom. The molecular formula is C38H26Au2N4O2-4. The molecule has 46 heavy (non-hydrogen) atoms. The average molecular weight is 965 g/mol. The molecule has 0 N–H and O–H groups in total. The third-order valence-corrected chi connectivity index (χ3v) is 7.07. The number of para-hydroxylation sites is 2. The van der Waals surface area contributed by atoms with E-state index in [9.17, 15) is 0 Å². The smallest absolute Gasteiger partial charge is 0.135 e. The van der Waals surface area contributed by atoms with E-state index in [0.717, 1.165) is 79.2 Å². The third-order valence-electron chi connectivity index (χ3n) is 7.07. The Morgan fingerprint density at radius 1 is 0.587 bits per heavy atom. The van der Waals surface area contributed by atoms with E-state index in [1.165, 1.54) is 0 Å². The van der Waals surface area contributed by atoms with Crippen LogP contribution in [0.5, 0.6) is 0 Å². The number of fused-ring (bicyclic) bond motifs is 6. The first-order valence-corrected chi connectivity index (χ1v) is 14.0. The van der Waals surface area contributed by atoms with Crippen molar-refractivity contribution in [2.45, 2.75) is 12.8 Å². The molecule has 236 valence electrons. The van der Waals surface area contributed by atoms with Gasteiger partial charge in [-0.1, -0.05) is 60.6 Å². The van der Waals surface area contributed by atoms with Gasteiger partial charge in [0.1, 0.15) is 22.3 Å². The van der Waals surface area contributed by atoms with Crippen LogP contribution < -0.4 is 0 Å². The molecule has 4 heterocycles. The summed E-state index contributed by atoms with van der Waals surface area (Å²) in [4.78, 5) is 8.26. The van der Waals surface area contributed by atoms with Gasteiger partial charge in [-0.15, -0.1) is 47.8 Å². The number of aromatic nitrogens is 4. The number of rotatable bonds is 3. The van der Waals surface area contributed by atoms with Crippen molar-refractivity contribution in [1.82, 2.24) is 19.1 Å². The Morgan fingerprint density at radius 3 is 1.35 bits per heavy atom. The summed E-state index contributed by atoms with van der Waals surface area (Å²) in [5, 5.41) is 4.26. The van der Waals surface area contributed by atoms with Crippen molar-refractivity contribution in [2.24, 2.45) is 14.1 Å². The van der Waals surface area contributed by atoms with E-state index in [1.807, 2.05) is 121 Å². The minimum atomic E-state index is 0. The molecule has 0 aliphatic carbocycles. The molecule has 4 aromatic heterocycles. The van der Waals surface area contributed by atoms with Crippen LogP contribution in [0, 0.1) is 37.3 Å². The number of hydrogen-bond donors (Lipinski definition) is 0. The van der Waals surface area contributed by atoms with Crippen molar-refractivity contribution < 1.29 is 53.6 Å². The zero-order chi connectivity index (χ0) is 30.5. The van der Waals surface area contributed by atoms with E-state index in [2.05, 4.69) is 34.5 Å². The number of hydrogen-bond acceptors (Lipinski definition) is 4. The second-order valence-electron chi connectivity index (χ2n) is 10.3. The summed E-state index contributed by atoms with van der Waals surface area (Å²) in [5.41, 5.74) is 7.13. The van der Waals surface area contributed by atoms with Crippen molar-refractivity contribution in [3.63, 3.8) is 0 Å². The van der Waals surface area contributed by atoms with Crippen LogP contribution in [0.1, 0.15) is 22.5 Å². The Kier molecular flexibility index (Phi) is 11.7. The average Bonchev–Trinajstić information content (AvgIpc) is 3.85. The fraction of sp³-hybridized carbons (Fsp3) is 0.105. The van der Waals surface area contributed by atoms with Crippen molar-refractivity contribution in [3.8, 4) is 11.8 Å². The maximum Gasteiger partial charge on any atom is 0.135 e. The SMILES string of the molecule is Cn1[c-]nc(CCc2cn(C)[c-]n2)c1.[Au].[Au].[C-]#Cc1ccc2oc3ccccc3c2c1.[C-]#Cc1ccc2oc3ccccc3c2c1. The summed E-state index contributed by atoms with van der Waals surface area (Å²) in [6.07, 6.45) is 25.7. The van der Waals surface area contributed by atoms with Crippen LogP contribution in [0.25, 0.3) is 43.9 Å². The van der Waals surface area contributed by atoms with Crippen LogP contribution >= 0.6 is 0 Å². The quantitative estimate of drug-likeness (QED) is 0.104. The van der Waals surface area contributed by atoms with Gasteiger partial charge < -0.3 is 40.8 Å². The molecule has 8 heteroatoms. The van der Waals surface area contributed by atoms with E-state index in [4.69, 9.17) is 21.7 Å². The van der Waals surface area contributed by atoms with Gasteiger partial charge in [0.25, 0.3) is 0 Å². The number of aryl methyl sites for hydroxylation is 4. The second kappa shape index (κ2) is 15.7. The summed E-state index contributed by atoms with van der Waals surface area (Å²) in [7, 11) is 3.84. The molecule has 0 spiro atoms.